The minimum absolute atomic E-state index is 0.0534. The Morgan fingerprint density at radius 3 is 2.95 bits per heavy atom. The lowest BCUT2D eigenvalue weighted by Crippen LogP contribution is -2.43. The number of hydrogen-bond acceptors (Lipinski definition) is 5. The van der Waals surface area contributed by atoms with Crippen LogP contribution in [0.3, 0.4) is 0 Å². The highest BCUT2D eigenvalue weighted by atomic mass is 16.1. The van der Waals surface area contributed by atoms with Gasteiger partial charge in [0.25, 0.3) is 5.56 Å². The molecule has 1 aromatic heterocycles. The number of nitrogens with zero attached hydrogens (tertiary/aromatic N) is 2. The van der Waals surface area contributed by atoms with Gasteiger partial charge in [0.2, 0.25) is 0 Å². The molecule has 1 aliphatic rings. The molecule has 6 heteroatoms. The molecule has 22 heavy (non-hydrogen) atoms. The largest absolute Gasteiger partial charge is 0.307 e. The van der Waals surface area contributed by atoms with Crippen LogP contribution in [0.25, 0.3) is 10.9 Å². The second kappa shape index (κ2) is 6.19. The SMILES string of the molecule is O=C(C[C@H]1NCCCC1=O)Cn1cnc2ccccc2c1=O. The molecular weight excluding hydrogens is 282 g/mol. The van der Waals surface area contributed by atoms with Crippen LogP contribution >= 0.6 is 0 Å². The molecule has 1 atom stereocenters. The van der Waals surface area contributed by atoms with Gasteiger partial charge in [-0.3, -0.25) is 19.0 Å². The zero-order valence-electron chi connectivity index (χ0n) is 12.1. The molecule has 0 spiro atoms. The minimum atomic E-state index is -0.412. The van der Waals surface area contributed by atoms with Gasteiger partial charge in [0, 0.05) is 12.8 Å². The average molecular weight is 299 g/mol. The molecule has 0 radical (unpaired) electrons. The Balaban J connectivity index is 1.75. The predicted octanol–water partition coefficient (Wildman–Crippen LogP) is 0.677. The third-order valence-electron chi connectivity index (χ3n) is 3.89. The molecule has 1 fully saturated rings. The molecular formula is C16H17N3O3. The molecule has 0 unspecified atom stereocenters. The van der Waals surface area contributed by atoms with E-state index in [2.05, 4.69) is 10.3 Å². The van der Waals surface area contributed by atoms with Crippen LogP contribution in [0, 0.1) is 0 Å². The lowest BCUT2D eigenvalue weighted by atomic mass is 9.98. The van der Waals surface area contributed by atoms with Gasteiger partial charge in [0.05, 0.1) is 29.8 Å². The fraction of sp³-hybridized carbons (Fsp3) is 0.375. The third kappa shape index (κ3) is 2.96. The standard InChI is InChI=1S/C16H17N3O3/c20-11(8-14-15(21)6-3-7-17-14)9-19-10-18-13-5-2-1-4-12(13)16(19)22/h1-2,4-5,10,14,17H,3,6-9H2/t14-/m1/s1. The molecule has 0 aliphatic carbocycles. The maximum Gasteiger partial charge on any atom is 0.261 e. The molecule has 2 aromatic rings. The Hall–Kier alpha value is -2.34. The van der Waals surface area contributed by atoms with Crippen molar-refractivity contribution in [2.24, 2.45) is 0 Å². The summed E-state index contributed by atoms with van der Waals surface area (Å²) in [5, 5.41) is 3.55. The summed E-state index contributed by atoms with van der Waals surface area (Å²) in [6.07, 6.45) is 2.84. The van der Waals surface area contributed by atoms with Crippen molar-refractivity contribution < 1.29 is 9.59 Å². The van der Waals surface area contributed by atoms with Gasteiger partial charge in [-0.1, -0.05) is 12.1 Å². The summed E-state index contributed by atoms with van der Waals surface area (Å²) in [7, 11) is 0. The van der Waals surface area contributed by atoms with E-state index in [1.807, 2.05) is 6.07 Å². The van der Waals surface area contributed by atoms with Crippen LogP contribution in [0.1, 0.15) is 19.3 Å². The number of hydrogen-bond donors (Lipinski definition) is 1. The zero-order chi connectivity index (χ0) is 15.5. The minimum Gasteiger partial charge on any atom is -0.307 e. The maximum absolute atomic E-state index is 12.3. The van der Waals surface area contributed by atoms with Crippen molar-refractivity contribution in [3.05, 3.63) is 40.9 Å². The van der Waals surface area contributed by atoms with Gasteiger partial charge in [-0.15, -0.1) is 0 Å². The maximum atomic E-state index is 12.3. The first kappa shape index (κ1) is 14.6. The fourth-order valence-corrected chi connectivity index (χ4v) is 2.71. The molecule has 6 nitrogen and oxygen atoms in total. The summed E-state index contributed by atoms with van der Waals surface area (Å²) >= 11 is 0. The van der Waals surface area contributed by atoms with Gasteiger partial charge in [-0.05, 0) is 25.1 Å². The lowest BCUT2D eigenvalue weighted by Gasteiger charge is -2.21. The number of fused-ring (bicyclic) bond motifs is 1. The first-order valence-corrected chi connectivity index (χ1v) is 7.37. The molecule has 3 rings (SSSR count). The second-order valence-electron chi connectivity index (χ2n) is 5.51. The number of benzene rings is 1. The lowest BCUT2D eigenvalue weighted by molar-refractivity contribution is -0.127. The molecule has 1 N–H and O–H groups in total. The fourth-order valence-electron chi connectivity index (χ4n) is 2.71. The van der Waals surface area contributed by atoms with E-state index < -0.39 is 6.04 Å². The van der Waals surface area contributed by atoms with Crippen molar-refractivity contribution in [3.63, 3.8) is 0 Å². The summed E-state index contributed by atoms with van der Waals surface area (Å²) in [6.45, 7) is 0.698. The number of ketones is 2. The Morgan fingerprint density at radius 1 is 1.32 bits per heavy atom. The van der Waals surface area contributed by atoms with E-state index in [1.54, 1.807) is 18.2 Å². The monoisotopic (exact) mass is 299 g/mol. The molecule has 2 heterocycles. The summed E-state index contributed by atoms with van der Waals surface area (Å²) in [4.78, 5) is 40.4. The van der Waals surface area contributed by atoms with Gasteiger partial charge in [0.1, 0.15) is 5.78 Å². The van der Waals surface area contributed by atoms with Gasteiger partial charge in [0.15, 0.2) is 5.78 Å². The Labute approximate surface area is 127 Å². The van der Waals surface area contributed by atoms with Crippen molar-refractivity contribution in [1.29, 1.82) is 0 Å². The number of Topliss-reactive ketones (excluding diaryl/α,β-unsaturated/α-hetero) is 2. The Bertz CT molecular complexity index is 782. The highest BCUT2D eigenvalue weighted by Gasteiger charge is 2.24. The van der Waals surface area contributed by atoms with Crippen molar-refractivity contribution in [2.45, 2.75) is 31.8 Å². The van der Waals surface area contributed by atoms with Crippen LogP contribution < -0.4 is 10.9 Å². The van der Waals surface area contributed by atoms with E-state index in [-0.39, 0.29) is 30.1 Å². The van der Waals surface area contributed by atoms with E-state index >= 15 is 0 Å². The quantitative estimate of drug-likeness (QED) is 0.897. The van der Waals surface area contributed by atoms with Crippen molar-refractivity contribution in [3.8, 4) is 0 Å². The second-order valence-corrected chi connectivity index (χ2v) is 5.51. The summed E-state index contributed by atoms with van der Waals surface area (Å²) in [5.41, 5.74) is 0.377. The third-order valence-corrected chi connectivity index (χ3v) is 3.89. The van der Waals surface area contributed by atoms with Crippen LogP contribution in [0.2, 0.25) is 0 Å². The van der Waals surface area contributed by atoms with Crippen LogP contribution in [0.5, 0.6) is 0 Å². The van der Waals surface area contributed by atoms with Gasteiger partial charge < -0.3 is 5.32 Å². The van der Waals surface area contributed by atoms with Crippen molar-refractivity contribution >= 4 is 22.5 Å². The van der Waals surface area contributed by atoms with E-state index in [0.29, 0.717) is 17.3 Å². The van der Waals surface area contributed by atoms with E-state index in [9.17, 15) is 14.4 Å². The molecule has 1 saturated heterocycles. The molecule has 0 amide bonds. The van der Waals surface area contributed by atoms with E-state index in [4.69, 9.17) is 0 Å². The van der Waals surface area contributed by atoms with Crippen LogP contribution in [-0.2, 0) is 16.1 Å². The molecule has 0 bridgehead atoms. The zero-order valence-corrected chi connectivity index (χ0v) is 12.1. The van der Waals surface area contributed by atoms with Crippen LogP contribution in [-0.4, -0.2) is 33.7 Å². The molecule has 1 aliphatic heterocycles. The summed E-state index contributed by atoms with van der Waals surface area (Å²) in [6, 6.07) is 6.61. The van der Waals surface area contributed by atoms with Gasteiger partial charge in [-0.25, -0.2) is 4.98 Å². The van der Waals surface area contributed by atoms with Crippen LogP contribution in [0.15, 0.2) is 35.4 Å². The van der Waals surface area contributed by atoms with E-state index in [1.165, 1.54) is 10.9 Å². The van der Waals surface area contributed by atoms with Crippen molar-refractivity contribution in [2.75, 3.05) is 6.54 Å². The highest BCUT2D eigenvalue weighted by Crippen LogP contribution is 2.08. The first-order chi connectivity index (χ1) is 10.6. The van der Waals surface area contributed by atoms with Gasteiger partial charge in [-0.2, -0.15) is 0 Å². The first-order valence-electron chi connectivity index (χ1n) is 7.37. The number of para-hydroxylation sites is 1. The number of aromatic nitrogens is 2. The summed E-state index contributed by atoms with van der Waals surface area (Å²) < 4.78 is 1.30. The number of piperidine rings is 1. The Morgan fingerprint density at radius 2 is 2.14 bits per heavy atom. The van der Waals surface area contributed by atoms with E-state index in [0.717, 1.165) is 13.0 Å². The summed E-state index contributed by atoms with van der Waals surface area (Å²) in [5.74, 6) is -0.0736. The molecule has 114 valence electrons. The topological polar surface area (TPSA) is 81.1 Å². The highest BCUT2D eigenvalue weighted by molar-refractivity contribution is 5.91. The number of nitrogens with one attached hydrogen (secondary N) is 1. The van der Waals surface area contributed by atoms with Crippen molar-refractivity contribution in [1.82, 2.24) is 14.9 Å². The normalized spacial score (nSPS) is 18.5. The average Bonchev–Trinajstić information content (AvgIpc) is 2.53. The number of carbonyl (C=O) groups is 2. The van der Waals surface area contributed by atoms with Gasteiger partial charge >= 0.3 is 0 Å². The smallest absolute Gasteiger partial charge is 0.261 e. The number of carbonyl (C=O) groups excluding carboxylic acids is 2. The Kier molecular flexibility index (Phi) is 4.11. The predicted molar refractivity (Wildman–Crippen MR) is 81.7 cm³/mol. The van der Waals surface area contributed by atoms with Crippen LogP contribution in [0.4, 0.5) is 0 Å². The molecule has 0 saturated carbocycles. The molecule has 1 aromatic carbocycles. The number of rotatable bonds is 4.